The number of alkyl carbamates (subject to hydrolysis) is 1. The van der Waals surface area contributed by atoms with E-state index in [9.17, 15) is 9.59 Å². The van der Waals surface area contributed by atoms with Crippen LogP contribution >= 0.6 is 0 Å². The molecule has 0 bridgehead atoms. The number of benzene rings is 4. The Balaban J connectivity index is 1.19. The summed E-state index contributed by atoms with van der Waals surface area (Å²) in [6, 6.07) is 39.0. The van der Waals surface area contributed by atoms with Gasteiger partial charge in [0.05, 0.1) is 13.7 Å². The van der Waals surface area contributed by atoms with E-state index in [1.807, 2.05) is 36.4 Å². The topological polar surface area (TPSA) is 79.9 Å². The van der Waals surface area contributed by atoms with Crippen LogP contribution in [0.5, 0.6) is 5.75 Å². The zero-order chi connectivity index (χ0) is 32.0. The number of amides is 2. The second-order valence-corrected chi connectivity index (χ2v) is 12.0. The molecule has 1 saturated heterocycles. The molecular weight excluding hydrogens is 574 g/mol. The number of nitrogens with zero attached hydrogens (tertiary/aromatic N) is 1. The fourth-order valence-corrected chi connectivity index (χ4v) is 6.47. The van der Waals surface area contributed by atoms with E-state index >= 15 is 0 Å². The van der Waals surface area contributed by atoms with Gasteiger partial charge in [-0.15, -0.1) is 0 Å². The van der Waals surface area contributed by atoms with E-state index in [1.165, 1.54) is 18.4 Å². The summed E-state index contributed by atoms with van der Waals surface area (Å²) in [6.45, 7) is 3.56. The number of hydrogen-bond donors (Lipinski definition) is 2. The van der Waals surface area contributed by atoms with Gasteiger partial charge in [-0.2, -0.15) is 0 Å². The quantitative estimate of drug-likeness (QED) is 0.165. The van der Waals surface area contributed by atoms with Gasteiger partial charge in [-0.05, 0) is 85.6 Å². The van der Waals surface area contributed by atoms with Gasteiger partial charge in [-0.1, -0.05) is 103 Å². The highest BCUT2D eigenvalue weighted by Crippen LogP contribution is 2.37. The first-order chi connectivity index (χ1) is 22.6. The number of piperidine rings is 1. The molecule has 46 heavy (non-hydrogen) atoms. The van der Waals surface area contributed by atoms with E-state index in [-0.39, 0.29) is 19.1 Å². The van der Waals surface area contributed by atoms with Crippen LogP contribution in [0.3, 0.4) is 0 Å². The van der Waals surface area contributed by atoms with Crippen LogP contribution in [0.1, 0.15) is 53.9 Å². The van der Waals surface area contributed by atoms with Gasteiger partial charge in [0.15, 0.2) is 0 Å². The molecule has 1 aliphatic rings. The average Bonchev–Trinajstić information content (AvgIpc) is 3.13. The molecule has 2 amide bonds. The summed E-state index contributed by atoms with van der Waals surface area (Å²) in [7, 11) is 1.60. The molecular formula is C39H45N3O4. The van der Waals surface area contributed by atoms with Gasteiger partial charge in [-0.3, -0.25) is 4.79 Å². The zero-order valence-corrected chi connectivity index (χ0v) is 26.7. The largest absolute Gasteiger partial charge is 0.497 e. The lowest BCUT2D eigenvalue weighted by atomic mass is 9.71. The van der Waals surface area contributed by atoms with Gasteiger partial charge in [0.2, 0.25) is 5.91 Å². The van der Waals surface area contributed by atoms with Crippen molar-refractivity contribution >= 4 is 12.0 Å². The molecule has 1 fully saturated rings. The molecule has 1 aliphatic heterocycles. The highest BCUT2D eigenvalue weighted by Gasteiger charge is 2.34. The van der Waals surface area contributed by atoms with Crippen LogP contribution in [0, 0.1) is 0 Å². The first-order valence-corrected chi connectivity index (χ1v) is 16.2. The number of methoxy groups -OCH3 is 1. The molecule has 0 radical (unpaired) electrons. The monoisotopic (exact) mass is 619 g/mol. The van der Waals surface area contributed by atoms with Crippen LogP contribution in [0.25, 0.3) is 0 Å². The first-order valence-electron chi connectivity index (χ1n) is 16.2. The number of ether oxygens (including phenoxy) is 2. The number of hydrogen-bond acceptors (Lipinski definition) is 5. The molecule has 0 spiro atoms. The zero-order valence-electron chi connectivity index (χ0n) is 26.7. The maximum Gasteiger partial charge on any atom is 0.407 e. The highest BCUT2D eigenvalue weighted by molar-refractivity contribution is 5.82. The third-order valence-electron chi connectivity index (χ3n) is 9.10. The molecule has 2 N–H and O–H groups in total. The molecule has 1 heterocycles. The van der Waals surface area contributed by atoms with E-state index in [0.29, 0.717) is 12.5 Å². The number of rotatable bonds is 14. The van der Waals surface area contributed by atoms with Crippen molar-refractivity contribution < 1.29 is 19.1 Å². The fourth-order valence-electron chi connectivity index (χ4n) is 6.47. The standard InChI is InChI=1S/C39H45N3O4/c1-45-36-20-18-31(19-21-36)29-46-38(44)40-28-37(43)41-30-39(34-14-7-3-8-15-34,35-16-9-4-10-17-35)24-11-25-42-26-22-33(23-27-42)32-12-5-2-6-13-32/h2-10,12-21,33H,11,22-30H2,1H3,(H,40,44)(H,41,43). The number of carbonyl (C=O) groups is 2. The Morgan fingerprint density at radius 1 is 0.783 bits per heavy atom. The molecule has 4 aromatic carbocycles. The van der Waals surface area contributed by atoms with Gasteiger partial charge in [0.1, 0.15) is 12.4 Å². The Hall–Kier alpha value is -4.62. The summed E-state index contributed by atoms with van der Waals surface area (Å²) in [5.41, 5.74) is 4.18. The van der Waals surface area contributed by atoms with Gasteiger partial charge < -0.3 is 25.0 Å². The molecule has 5 rings (SSSR count). The van der Waals surface area contributed by atoms with Crippen molar-refractivity contribution in [1.82, 2.24) is 15.5 Å². The lowest BCUT2D eigenvalue weighted by Crippen LogP contribution is -2.45. The summed E-state index contributed by atoms with van der Waals surface area (Å²) in [5, 5.41) is 5.73. The lowest BCUT2D eigenvalue weighted by Gasteiger charge is -2.37. The third kappa shape index (κ3) is 8.98. The van der Waals surface area contributed by atoms with Crippen molar-refractivity contribution in [3.8, 4) is 5.75 Å². The minimum Gasteiger partial charge on any atom is -0.497 e. The molecule has 7 heteroatoms. The predicted molar refractivity (Wildman–Crippen MR) is 182 cm³/mol. The van der Waals surface area contributed by atoms with Crippen LogP contribution in [0.4, 0.5) is 4.79 Å². The SMILES string of the molecule is COc1ccc(COC(=O)NCC(=O)NCC(CCCN2CCC(c3ccccc3)CC2)(c2ccccc2)c2ccccc2)cc1. The van der Waals surface area contributed by atoms with Gasteiger partial charge in [0.25, 0.3) is 0 Å². The molecule has 0 aliphatic carbocycles. The smallest absolute Gasteiger partial charge is 0.407 e. The average molecular weight is 620 g/mol. The first kappa shape index (κ1) is 32.8. The molecule has 0 unspecified atom stereocenters. The molecule has 4 aromatic rings. The Labute approximate surface area is 272 Å². The maximum atomic E-state index is 13.1. The predicted octanol–water partition coefficient (Wildman–Crippen LogP) is 6.68. The maximum absolute atomic E-state index is 13.1. The summed E-state index contributed by atoms with van der Waals surface area (Å²) in [5.74, 6) is 1.10. The summed E-state index contributed by atoms with van der Waals surface area (Å²) >= 11 is 0. The molecule has 240 valence electrons. The summed E-state index contributed by atoms with van der Waals surface area (Å²) < 4.78 is 10.5. The Morgan fingerprint density at radius 3 is 1.96 bits per heavy atom. The van der Waals surface area contributed by atoms with E-state index in [2.05, 4.69) is 94.4 Å². The van der Waals surface area contributed by atoms with Crippen molar-refractivity contribution in [2.45, 2.75) is 43.6 Å². The van der Waals surface area contributed by atoms with Crippen molar-refractivity contribution in [2.75, 3.05) is 39.8 Å². The Morgan fingerprint density at radius 2 is 1.37 bits per heavy atom. The second-order valence-electron chi connectivity index (χ2n) is 12.0. The number of carbonyl (C=O) groups excluding carboxylic acids is 2. The number of nitrogens with one attached hydrogen (secondary N) is 2. The van der Waals surface area contributed by atoms with Crippen molar-refractivity contribution in [2.24, 2.45) is 0 Å². The van der Waals surface area contributed by atoms with Crippen LogP contribution in [0.15, 0.2) is 115 Å². The van der Waals surface area contributed by atoms with Crippen molar-refractivity contribution in [3.63, 3.8) is 0 Å². The molecule has 0 atom stereocenters. The summed E-state index contributed by atoms with van der Waals surface area (Å²) in [4.78, 5) is 28.0. The Bertz CT molecular complexity index is 1450. The summed E-state index contributed by atoms with van der Waals surface area (Å²) in [6.07, 6.45) is 3.58. The third-order valence-corrected chi connectivity index (χ3v) is 9.10. The van der Waals surface area contributed by atoms with Crippen LogP contribution in [-0.4, -0.2) is 56.7 Å². The van der Waals surface area contributed by atoms with Crippen LogP contribution < -0.4 is 15.4 Å². The van der Waals surface area contributed by atoms with E-state index in [0.717, 1.165) is 54.9 Å². The van der Waals surface area contributed by atoms with Gasteiger partial charge in [-0.25, -0.2) is 4.79 Å². The highest BCUT2D eigenvalue weighted by atomic mass is 16.5. The number of likely N-dealkylation sites (tertiary alicyclic amines) is 1. The van der Waals surface area contributed by atoms with E-state index < -0.39 is 11.5 Å². The second kappa shape index (κ2) is 16.6. The molecule has 0 saturated carbocycles. The van der Waals surface area contributed by atoms with Crippen molar-refractivity contribution in [1.29, 1.82) is 0 Å². The fraction of sp³-hybridized carbons (Fsp3) is 0.333. The molecule has 7 nitrogen and oxygen atoms in total. The minimum atomic E-state index is -0.639. The van der Waals surface area contributed by atoms with Gasteiger partial charge >= 0.3 is 6.09 Å². The van der Waals surface area contributed by atoms with E-state index in [4.69, 9.17) is 9.47 Å². The van der Waals surface area contributed by atoms with Crippen LogP contribution in [0.2, 0.25) is 0 Å². The van der Waals surface area contributed by atoms with Crippen LogP contribution in [-0.2, 0) is 21.6 Å². The Kier molecular flexibility index (Phi) is 11.8. The van der Waals surface area contributed by atoms with Gasteiger partial charge in [0, 0.05) is 12.0 Å². The normalized spacial score (nSPS) is 13.9. The molecule has 0 aromatic heterocycles. The van der Waals surface area contributed by atoms with E-state index in [1.54, 1.807) is 7.11 Å². The van der Waals surface area contributed by atoms with Crippen molar-refractivity contribution in [3.05, 3.63) is 138 Å². The lowest BCUT2D eigenvalue weighted by molar-refractivity contribution is -0.120. The minimum absolute atomic E-state index is 0.104.